The molecular weight excluding hydrogens is 320 g/mol. The minimum absolute atomic E-state index is 0.250. The molecule has 0 fully saturated rings. The van der Waals surface area contributed by atoms with Gasteiger partial charge in [0.2, 0.25) is 0 Å². The van der Waals surface area contributed by atoms with Crippen molar-refractivity contribution in [2.45, 2.75) is 89.9 Å². The summed E-state index contributed by atoms with van der Waals surface area (Å²) in [6, 6.07) is 0. The van der Waals surface area contributed by atoms with Crippen LogP contribution in [-0.4, -0.2) is 27.9 Å². The van der Waals surface area contributed by atoms with Crippen molar-refractivity contribution in [2.24, 2.45) is 0 Å². The standard InChI is InChI=1S/C18H30.CH2O3.CH2O2/c1-2-6-10-14-17(13-9-5-1)18-15-11-7-3-4-8-12-16-18;2-1(3)4;2-1-3/h13,15H,1-12,14,16H2;(H2,2,3,4);1H,(H,2,3). The Kier molecular flexibility index (Phi) is 15.8. The molecule has 0 spiro atoms. The number of carboxylic acid groups (broad SMARTS) is 3. The van der Waals surface area contributed by atoms with Crippen molar-refractivity contribution in [3.8, 4) is 0 Å². The summed E-state index contributed by atoms with van der Waals surface area (Å²) in [4.78, 5) is 16.9. The van der Waals surface area contributed by atoms with Crippen molar-refractivity contribution in [3.63, 3.8) is 0 Å². The first-order valence-corrected chi connectivity index (χ1v) is 9.50. The van der Waals surface area contributed by atoms with Crippen LogP contribution >= 0.6 is 0 Å². The summed E-state index contributed by atoms with van der Waals surface area (Å²) < 4.78 is 0. The van der Waals surface area contributed by atoms with E-state index in [9.17, 15) is 0 Å². The van der Waals surface area contributed by atoms with Crippen LogP contribution in [0.5, 0.6) is 0 Å². The summed E-state index contributed by atoms with van der Waals surface area (Å²) in [6.45, 7) is -0.250. The van der Waals surface area contributed by atoms with Gasteiger partial charge in [0.05, 0.1) is 0 Å². The average Bonchev–Trinajstić information content (AvgIpc) is 2.78. The number of hydrogen-bond donors (Lipinski definition) is 3. The predicted octanol–water partition coefficient (Wildman–Crippen LogP) is 6.25. The van der Waals surface area contributed by atoms with E-state index < -0.39 is 6.16 Å². The fourth-order valence-corrected chi connectivity index (χ4v) is 3.32. The second-order valence-electron chi connectivity index (χ2n) is 6.46. The van der Waals surface area contributed by atoms with E-state index in [-0.39, 0.29) is 6.47 Å². The molecule has 0 bridgehead atoms. The predicted molar refractivity (Wildman–Crippen MR) is 100 cm³/mol. The zero-order chi connectivity index (χ0) is 18.8. The highest BCUT2D eigenvalue weighted by molar-refractivity contribution is 5.53. The lowest BCUT2D eigenvalue weighted by atomic mass is 9.94. The monoisotopic (exact) mass is 354 g/mol. The number of carbonyl (C=O) groups is 2. The van der Waals surface area contributed by atoms with Crippen LogP contribution in [0.2, 0.25) is 0 Å². The number of rotatable bonds is 1. The molecule has 0 atom stereocenters. The van der Waals surface area contributed by atoms with Crippen LogP contribution in [0, 0.1) is 0 Å². The molecular formula is C20H34O5. The van der Waals surface area contributed by atoms with Gasteiger partial charge in [-0.25, -0.2) is 4.79 Å². The summed E-state index contributed by atoms with van der Waals surface area (Å²) in [7, 11) is 0. The van der Waals surface area contributed by atoms with Crippen molar-refractivity contribution in [1.29, 1.82) is 0 Å². The summed E-state index contributed by atoms with van der Waals surface area (Å²) >= 11 is 0. The Hall–Kier alpha value is -1.78. The van der Waals surface area contributed by atoms with E-state index in [1.54, 1.807) is 11.1 Å². The minimum Gasteiger partial charge on any atom is -0.483 e. The zero-order valence-corrected chi connectivity index (χ0v) is 15.3. The molecule has 2 rings (SSSR count). The first-order chi connectivity index (χ1) is 12.1. The molecule has 0 amide bonds. The molecule has 0 aromatic rings. The molecule has 0 aromatic carbocycles. The van der Waals surface area contributed by atoms with Crippen molar-refractivity contribution in [3.05, 3.63) is 23.3 Å². The SMILES string of the molecule is C1=C(C2=CCCCCCCC2)CCCCCCC1.O=C(O)O.O=CO. The van der Waals surface area contributed by atoms with E-state index >= 15 is 0 Å². The van der Waals surface area contributed by atoms with Crippen LogP contribution in [0.1, 0.15) is 89.9 Å². The van der Waals surface area contributed by atoms with Gasteiger partial charge in [0.25, 0.3) is 6.47 Å². The number of hydrogen-bond acceptors (Lipinski definition) is 2. The first-order valence-electron chi connectivity index (χ1n) is 9.50. The molecule has 2 aliphatic carbocycles. The molecule has 0 saturated carbocycles. The quantitative estimate of drug-likeness (QED) is 0.484. The summed E-state index contributed by atoms with van der Waals surface area (Å²) in [5, 5.41) is 20.8. The van der Waals surface area contributed by atoms with Gasteiger partial charge in [0.15, 0.2) is 0 Å². The van der Waals surface area contributed by atoms with Crippen LogP contribution in [-0.2, 0) is 4.79 Å². The van der Waals surface area contributed by atoms with E-state index in [2.05, 4.69) is 12.2 Å². The fraction of sp³-hybridized carbons (Fsp3) is 0.700. The molecule has 0 aliphatic heterocycles. The van der Waals surface area contributed by atoms with Gasteiger partial charge >= 0.3 is 6.16 Å². The molecule has 5 nitrogen and oxygen atoms in total. The van der Waals surface area contributed by atoms with Crippen molar-refractivity contribution in [2.75, 3.05) is 0 Å². The second-order valence-corrected chi connectivity index (χ2v) is 6.46. The Balaban J connectivity index is 0.000000708. The Bertz CT molecular complexity index is 378. The largest absolute Gasteiger partial charge is 0.503 e. The maximum absolute atomic E-state index is 8.56. The van der Waals surface area contributed by atoms with E-state index in [0.29, 0.717) is 0 Å². The molecule has 3 N–H and O–H groups in total. The lowest BCUT2D eigenvalue weighted by Gasteiger charge is -2.12. The summed E-state index contributed by atoms with van der Waals surface area (Å²) in [5.74, 6) is 0. The van der Waals surface area contributed by atoms with E-state index in [1.165, 1.54) is 89.9 Å². The van der Waals surface area contributed by atoms with Gasteiger partial charge in [-0.2, -0.15) is 0 Å². The molecule has 2 aliphatic rings. The Morgan fingerprint density at radius 1 is 0.720 bits per heavy atom. The normalized spacial score (nSPS) is 19.0. The van der Waals surface area contributed by atoms with Crippen LogP contribution in [0.25, 0.3) is 0 Å². The van der Waals surface area contributed by atoms with Gasteiger partial charge in [0, 0.05) is 0 Å². The Morgan fingerprint density at radius 3 is 1.36 bits per heavy atom. The van der Waals surface area contributed by atoms with E-state index in [1.807, 2.05) is 0 Å². The molecule has 0 saturated heterocycles. The van der Waals surface area contributed by atoms with Gasteiger partial charge in [-0.1, -0.05) is 50.7 Å². The van der Waals surface area contributed by atoms with Crippen molar-refractivity contribution in [1.82, 2.24) is 0 Å². The van der Waals surface area contributed by atoms with Crippen LogP contribution in [0.15, 0.2) is 23.3 Å². The highest BCUT2D eigenvalue weighted by Crippen LogP contribution is 2.28. The van der Waals surface area contributed by atoms with E-state index in [0.717, 1.165) is 0 Å². The van der Waals surface area contributed by atoms with Gasteiger partial charge < -0.3 is 15.3 Å². The Labute approximate surface area is 151 Å². The van der Waals surface area contributed by atoms with Crippen molar-refractivity contribution < 1.29 is 24.9 Å². The average molecular weight is 354 g/mol. The summed E-state index contributed by atoms with van der Waals surface area (Å²) in [5.41, 5.74) is 3.44. The summed E-state index contributed by atoms with van der Waals surface area (Å²) in [6.07, 6.45) is 23.1. The minimum atomic E-state index is -1.83. The van der Waals surface area contributed by atoms with Gasteiger partial charge in [-0.15, -0.1) is 0 Å². The third kappa shape index (κ3) is 15.5. The third-order valence-corrected chi connectivity index (χ3v) is 4.49. The van der Waals surface area contributed by atoms with Gasteiger partial charge in [-0.3, -0.25) is 4.79 Å². The second kappa shape index (κ2) is 17.1. The highest BCUT2D eigenvalue weighted by Gasteiger charge is 2.08. The van der Waals surface area contributed by atoms with Crippen LogP contribution in [0.4, 0.5) is 4.79 Å². The molecule has 144 valence electrons. The van der Waals surface area contributed by atoms with E-state index in [4.69, 9.17) is 24.9 Å². The molecule has 25 heavy (non-hydrogen) atoms. The maximum Gasteiger partial charge on any atom is 0.503 e. The van der Waals surface area contributed by atoms with Gasteiger partial charge in [-0.05, 0) is 62.5 Å². The lowest BCUT2D eigenvalue weighted by molar-refractivity contribution is -0.122. The van der Waals surface area contributed by atoms with Gasteiger partial charge in [0.1, 0.15) is 0 Å². The van der Waals surface area contributed by atoms with Crippen LogP contribution in [0.3, 0.4) is 0 Å². The lowest BCUT2D eigenvalue weighted by Crippen LogP contribution is -1.92. The fourth-order valence-electron chi connectivity index (χ4n) is 3.32. The van der Waals surface area contributed by atoms with Crippen LogP contribution < -0.4 is 0 Å². The number of allylic oxidation sites excluding steroid dienone is 4. The zero-order valence-electron chi connectivity index (χ0n) is 15.3. The maximum atomic E-state index is 8.56. The molecule has 0 heterocycles. The molecule has 0 unspecified atom stereocenters. The molecule has 5 heteroatoms. The molecule has 0 radical (unpaired) electrons. The smallest absolute Gasteiger partial charge is 0.483 e. The first kappa shape index (κ1) is 23.2. The molecule has 0 aromatic heterocycles. The Morgan fingerprint density at radius 2 is 1.00 bits per heavy atom. The highest BCUT2D eigenvalue weighted by atomic mass is 16.6. The topological polar surface area (TPSA) is 94.8 Å². The van der Waals surface area contributed by atoms with Crippen molar-refractivity contribution >= 4 is 12.6 Å². The third-order valence-electron chi connectivity index (χ3n) is 4.49.